The molecule has 1 aromatic rings. The van der Waals surface area contributed by atoms with Gasteiger partial charge in [0.05, 0.1) is 15.9 Å². The van der Waals surface area contributed by atoms with Gasteiger partial charge in [0.25, 0.3) is 0 Å². The summed E-state index contributed by atoms with van der Waals surface area (Å²) in [5.41, 5.74) is 2.56. The van der Waals surface area contributed by atoms with E-state index >= 15 is 0 Å². The second-order valence-corrected chi connectivity index (χ2v) is 7.16. The predicted octanol–water partition coefficient (Wildman–Crippen LogP) is 2.66. The maximum absolute atomic E-state index is 4.74. The Morgan fingerprint density at radius 3 is 2.76 bits per heavy atom. The minimum absolute atomic E-state index is 0.724. The molecule has 3 rings (SSSR count). The minimum Gasteiger partial charge on any atom is -0.316 e. The highest BCUT2D eigenvalue weighted by Gasteiger charge is 2.43. The molecule has 3 heterocycles. The monoisotopic (exact) mass is 354 g/mol. The first-order valence-corrected chi connectivity index (χ1v) is 9.17. The zero-order valence-electron chi connectivity index (χ0n) is 13.4. The van der Waals surface area contributed by atoms with Crippen LogP contribution in [0, 0.1) is 11.8 Å². The first-order valence-electron chi connectivity index (χ1n) is 8.38. The van der Waals surface area contributed by atoms with Crippen molar-refractivity contribution in [3.8, 4) is 0 Å². The third-order valence-corrected chi connectivity index (χ3v) is 6.20. The number of fused-ring (bicyclic) bond motifs is 1. The van der Waals surface area contributed by atoms with Gasteiger partial charge in [-0.05, 0) is 60.6 Å². The molecule has 1 aromatic heterocycles. The SMILES string of the molecule is CCc1nn(CC)c(CN2CC3CNCC3C2CC)c1Br. The summed E-state index contributed by atoms with van der Waals surface area (Å²) in [6, 6.07) is 0.724. The van der Waals surface area contributed by atoms with Crippen LogP contribution in [0.1, 0.15) is 38.6 Å². The Hall–Kier alpha value is -0.390. The Balaban J connectivity index is 1.82. The van der Waals surface area contributed by atoms with Gasteiger partial charge in [0.2, 0.25) is 0 Å². The van der Waals surface area contributed by atoms with Crippen LogP contribution in [0.15, 0.2) is 4.47 Å². The number of rotatable bonds is 5. The van der Waals surface area contributed by atoms with Gasteiger partial charge >= 0.3 is 0 Å². The summed E-state index contributed by atoms with van der Waals surface area (Å²) in [6.45, 7) is 12.3. The van der Waals surface area contributed by atoms with Crippen LogP contribution in [0.4, 0.5) is 0 Å². The van der Waals surface area contributed by atoms with Crippen molar-refractivity contribution in [3.63, 3.8) is 0 Å². The van der Waals surface area contributed by atoms with E-state index in [9.17, 15) is 0 Å². The standard InChI is InChI=1S/C16H27BrN4/c1-4-13-16(17)15(21(6-3)19-13)10-20-9-11-7-18-8-12(11)14(20)5-2/h11-12,14,18H,4-10H2,1-3H3. The number of nitrogens with zero attached hydrogens (tertiary/aromatic N) is 3. The molecule has 0 radical (unpaired) electrons. The van der Waals surface area contributed by atoms with E-state index in [1.54, 1.807) is 0 Å². The summed E-state index contributed by atoms with van der Waals surface area (Å²) in [4.78, 5) is 2.70. The maximum Gasteiger partial charge on any atom is 0.0767 e. The molecule has 3 unspecified atom stereocenters. The summed E-state index contributed by atoms with van der Waals surface area (Å²) >= 11 is 3.79. The number of halogens is 1. The summed E-state index contributed by atoms with van der Waals surface area (Å²) in [6.07, 6.45) is 2.24. The molecule has 2 saturated heterocycles. The molecule has 0 aliphatic carbocycles. The molecule has 0 saturated carbocycles. The molecule has 3 atom stereocenters. The summed E-state index contributed by atoms with van der Waals surface area (Å²) in [5, 5.41) is 8.31. The van der Waals surface area contributed by atoms with Gasteiger partial charge < -0.3 is 5.32 Å². The lowest BCUT2D eigenvalue weighted by Gasteiger charge is -2.27. The van der Waals surface area contributed by atoms with E-state index in [0.29, 0.717) is 0 Å². The second kappa shape index (κ2) is 6.39. The van der Waals surface area contributed by atoms with Crippen LogP contribution in [-0.2, 0) is 19.5 Å². The summed E-state index contributed by atoms with van der Waals surface area (Å²) < 4.78 is 3.42. The smallest absolute Gasteiger partial charge is 0.0767 e. The maximum atomic E-state index is 4.74. The van der Waals surface area contributed by atoms with Gasteiger partial charge in [-0.3, -0.25) is 9.58 Å². The van der Waals surface area contributed by atoms with Crippen LogP contribution in [0.5, 0.6) is 0 Å². The van der Waals surface area contributed by atoms with Crippen LogP contribution in [0.3, 0.4) is 0 Å². The Labute approximate surface area is 136 Å². The molecule has 0 bridgehead atoms. The Morgan fingerprint density at radius 2 is 2.10 bits per heavy atom. The quantitative estimate of drug-likeness (QED) is 0.882. The third kappa shape index (κ3) is 2.68. The average molecular weight is 355 g/mol. The highest BCUT2D eigenvalue weighted by atomic mass is 79.9. The van der Waals surface area contributed by atoms with E-state index < -0.39 is 0 Å². The van der Waals surface area contributed by atoms with Gasteiger partial charge in [-0.25, -0.2) is 0 Å². The summed E-state index contributed by atoms with van der Waals surface area (Å²) in [5.74, 6) is 1.69. The second-order valence-electron chi connectivity index (χ2n) is 6.36. The van der Waals surface area contributed by atoms with Gasteiger partial charge in [-0.15, -0.1) is 0 Å². The number of hydrogen-bond acceptors (Lipinski definition) is 3. The zero-order chi connectivity index (χ0) is 15.0. The van der Waals surface area contributed by atoms with Crippen molar-refractivity contribution in [1.82, 2.24) is 20.0 Å². The first kappa shape index (κ1) is 15.5. The molecule has 118 valence electrons. The molecule has 0 aromatic carbocycles. The number of hydrogen-bond donors (Lipinski definition) is 1. The van der Waals surface area contributed by atoms with Gasteiger partial charge in [-0.2, -0.15) is 5.10 Å². The fourth-order valence-corrected chi connectivity index (χ4v) is 4.90. The molecule has 0 spiro atoms. The first-order chi connectivity index (χ1) is 10.2. The van der Waals surface area contributed by atoms with E-state index in [1.807, 2.05) is 0 Å². The molecule has 2 fully saturated rings. The lowest BCUT2D eigenvalue weighted by molar-refractivity contribution is 0.204. The van der Waals surface area contributed by atoms with Gasteiger partial charge in [0.15, 0.2) is 0 Å². The zero-order valence-corrected chi connectivity index (χ0v) is 15.0. The largest absolute Gasteiger partial charge is 0.316 e. The normalized spacial score (nSPS) is 29.2. The number of aryl methyl sites for hydroxylation is 2. The van der Waals surface area contributed by atoms with Gasteiger partial charge in [-0.1, -0.05) is 13.8 Å². The molecule has 21 heavy (non-hydrogen) atoms. The van der Waals surface area contributed by atoms with E-state index in [-0.39, 0.29) is 0 Å². The lowest BCUT2D eigenvalue weighted by Crippen LogP contribution is -2.35. The fourth-order valence-electron chi connectivity index (χ4n) is 4.21. The van der Waals surface area contributed by atoms with Crippen LogP contribution < -0.4 is 5.32 Å². The van der Waals surface area contributed by atoms with Gasteiger partial charge in [0, 0.05) is 25.7 Å². The molecule has 1 N–H and O–H groups in total. The van der Waals surface area contributed by atoms with E-state index in [2.05, 4.69) is 51.6 Å². The Morgan fingerprint density at radius 1 is 1.29 bits per heavy atom. The van der Waals surface area contributed by atoms with Crippen molar-refractivity contribution >= 4 is 15.9 Å². The average Bonchev–Trinajstić information content (AvgIpc) is 3.13. The third-order valence-electron chi connectivity index (χ3n) is 5.29. The Bertz CT molecular complexity index is 499. The molecular formula is C16H27BrN4. The number of nitrogens with one attached hydrogen (secondary N) is 1. The highest BCUT2D eigenvalue weighted by Crippen LogP contribution is 2.36. The molecule has 2 aliphatic heterocycles. The van der Waals surface area contributed by atoms with E-state index in [0.717, 1.165) is 37.4 Å². The van der Waals surface area contributed by atoms with Crippen LogP contribution in [0.25, 0.3) is 0 Å². The lowest BCUT2D eigenvalue weighted by atomic mass is 9.93. The van der Waals surface area contributed by atoms with Crippen LogP contribution in [0.2, 0.25) is 0 Å². The van der Waals surface area contributed by atoms with Crippen LogP contribution >= 0.6 is 15.9 Å². The minimum atomic E-state index is 0.724. The molecule has 2 aliphatic rings. The number of aromatic nitrogens is 2. The van der Waals surface area contributed by atoms with Crippen LogP contribution in [-0.4, -0.2) is 40.4 Å². The van der Waals surface area contributed by atoms with E-state index in [1.165, 1.54) is 41.9 Å². The molecule has 5 heteroatoms. The van der Waals surface area contributed by atoms with Gasteiger partial charge in [0.1, 0.15) is 0 Å². The molecular weight excluding hydrogens is 328 g/mol. The predicted molar refractivity (Wildman–Crippen MR) is 89.3 cm³/mol. The fraction of sp³-hybridized carbons (Fsp3) is 0.812. The van der Waals surface area contributed by atoms with Crippen molar-refractivity contribution in [1.29, 1.82) is 0 Å². The van der Waals surface area contributed by atoms with Crippen molar-refractivity contribution in [2.45, 2.75) is 52.7 Å². The number of likely N-dealkylation sites (tertiary alicyclic amines) is 1. The van der Waals surface area contributed by atoms with Crippen molar-refractivity contribution in [3.05, 3.63) is 15.9 Å². The van der Waals surface area contributed by atoms with Crippen molar-refractivity contribution < 1.29 is 0 Å². The van der Waals surface area contributed by atoms with Crippen molar-refractivity contribution in [2.24, 2.45) is 11.8 Å². The van der Waals surface area contributed by atoms with E-state index in [4.69, 9.17) is 5.10 Å². The molecule has 4 nitrogen and oxygen atoms in total. The Kier molecular flexibility index (Phi) is 4.71. The summed E-state index contributed by atoms with van der Waals surface area (Å²) in [7, 11) is 0. The molecule has 0 amide bonds. The highest BCUT2D eigenvalue weighted by molar-refractivity contribution is 9.10. The van der Waals surface area contributed by atoms with Crippen molar-refractivity contribution in [2.75, 3.05) is 19.6 Å². The topological polar surface area (TPSA) is 33.1 Å².